The standard InChI is InChI=1S/C16H25N3O4S/c1-16(2,3)19-24(21,22)14-7-12(5-6-13(14)23-4)15(20)18-10-11-8-17-9-11/h5-7,11,17,19H,8-10H2,1-4H3,(H,18,20). The van der Waals surface area contributed by atoms with Crippen LogP contribution in [-0.2, 0) is 10.0 Å². The number of carbonyl (C=O) groups is 1. The van der Waals surface area contributed by atoms with E-state index >= 15 is 0 Å². The van der Waals surface area contributed by atoms with Gasteiger partial charge in [0.1, 0.15) is 10.6 Å². The van der Waals surface area contributed by atoms with E-state index in [-0.39, 0.29) is 22.1 Å². The van der Waals surface area contributed by atoms with Crippen molar-refractivity contribution in [1.82, 2.24) is 15.4 Å². The van der Waals surface area contributed by atoms with Gasteiger partial charge in [0.15, 0.2) is 0 Å². The van der Waals surface area contributed by atoms with Crippen molar-refractivity contribution in [3.63, 3.8) is 0 Å². The quantitative estimate of drug-likeness (QED) is 0.699. The van der Waals surface area contributed by atoms with Crippen LogP contribution in [0, 0.1) is 5.92 Å². The summed E-state index contributed by atoms with van der Waals surface area (Å²) in [6.45, 7) is 7.59. The van der Waals surface area contributed by atoms with Gasteiger partial charge in [0.2, 0.25) is 10.0 Å². The van der Waals surface area contributed by atoms with Crippen LogP contribution in [0.1, 0.15) is 31.1 Å². The summed E-state index contributed by atoms with van der Waals surface area (Å²) in [5, 5.41) is 5.97. The molecule has 0 aliphatic carbocycles. The average molecular weight is 355 g/mol. The molecule has 1 aliphatic rings. The van der Waals surface area contributed by atoms with Crippen LogP contribution >= 0.6 is 0 Å². The molecule has 0 saturated carbocycles. The van der Waals surface area contributed by atoms with E-state index in [9.17, 15) is 13.2 Å². The predicted molar refractivity (Wildman–Crippen MR) is 91.8 cm³/mol. The fourth-order valence-electron chi connectivity index (χ4n) is 2.32. The van der Waals surface area contributed by atoms with E-state index < -0.39 is 15.6 Å². The first kappa shape index (κ1) is 18.7. The molecular formula is C16H25N3O4S. The Morgan fingerprint density at radius 2 is 2.00 bits per heavy atom. The van der Waals surface area contributed by atoms with E-state index in [1.165, 1.54) is 19.2 Å². The molecule has 1 aromatic carbocycles. The maximum Gasteiger partial charge on any atom is 0.251 e. The van der Waals surface area contributed by atoms with Crippen LogP contribution in [0.4, 0.5) is 0 Å². The molecule has 8 heteroatoms. The monoisotopic (exact) mass is 355 g/mol. The lowest BCUT2D eigenvalue weighted by Crippen LogP contribution is -2.48. The number of hydrogen-bond acceptors (Lipinski definition) is 5. The molecule has 1 aliphatic heterocycles. The summed E-state index contributed by atoms with van der Waals surface area (Å²) in [5.74, 6) is 0.334. The Labute approximate surface area is 143 Å². The molecule has 0 bridgehead atoms. The molecule has 1 amide bonds. The summed E-state index contributed by atoms with van der Waals surface area (Å²) < 4.78 is 32.9. The molecule has 0 unspecified atom stereocenters. The lowest BCUT2D eigenvalue weighted by Gasteiger charge is -2.27. The number of benzene rings is 1. The first-order chi connectivity index (χ1) is 11.1. The second-order valence-electron chi connectivity index (χ2n) is 6.96. The highest BCUT2D eigenvalue weighted by atomic mass is 32.2. The molecule has 0 atom stereocenters. The molecule has 1 saturated heterocycles. The number of nitrogens with one attached hydrogen (secondary N) is 3. The molecule has 0 spiro atoms. The molecular weight excluding hydrogens is 330 g/mol. The molecule has 24 heavy (non-hydrogen) atoms. The Bertz CT molecular complexity index is 707. The highest BCUT2D eigenvalue weighted by Crippen LogP contribution is 2.26. The number of ether oxygens (including phenoxy) is 1. The van der Waals surface area contributed by atoms with Crippen LogP contribution < -0.4 is 20.1 Å². The number of sulfonamides is 1. The third-order valence-electron chi connectivity index (χ3n) is 3.57. The summed E-state index contributed by atoms with van der Waals surface area (Å²) in [4.78, 5) is 12.2. The van der Waals surface area contributed by atoms with Gasteiger partial charge in [-0.15, -0.1) is 0 Å². The number of methoxy groups -OCH3 is 1. The van der Waals surface area contributed by atoms with E-state index in [2.05, 4.69) is 15.4 Å². The van der Waals surface area contributed by atoms with E-state index in [4.69, 9.17) is 4.74 Å². The van der Waals surface area contributed by atoms with Gasteiger partial charge in [0.25, 0.3) is 5.91 Å². The van der Waals surface area contributed by atoms with Crippen LogP contribution in [0.2, 0.25) is 0 Å². The van der Waals surface area contributed by atoms with E-state index in [0.29, 0.717) is 12.5 Å². The largest absolute Gasteiger partial charge is 0.495 e. The number of carbonyl (C=O) groups excluding carboxylic acids is 1. The topological polar surface area (TPSA) is 96.5 Å². The van der Waals surface area contributed by atoms with Gasteiger partial charge in [-0.1, -0.05) is 0 Å². The van der Waals surface area contributed by atoms with Crippen molar-refractivity contribution < 1.29 is 17.9 Å². The maximum atomic E-state index is 12.6. The Balaban J connectivity index is 2.24. The van der Waals surface area contributed by atoms with Crippen molar-refractivity contribution in [3.8, 4) is 5.75 Å². The molecule has 0 radical (unpaired) electrons. The van der Waals surface area contributed by atoms with Crippen LogP contribution in [0.5, 0.6) is 5.75 Å². The number of rotatable bonds is 6. The highest BCUT2D eigenvalue weighted by molar-refractivity contribution is 7.89. The third kappa shape index (κ3) is 4.68. The molecule has 1 heterocycles. The second-order valence-corrected chi connectivity index (χ2v) is 8.61. The Hall–Kier alpha value is -1.64. The minimum absolute atomic E-state index is 0.0436. The summed E-state index contributed by atoms with van der Waals surface area (Å²) in [6.07, 6.45) is 0. The molecule has 134 valence electrons. The Morgan fingerprint density at radius 1 is 1.33 bits per heavy atom. The normalized spacial score (nSPS) is 15.7. The van der Waals surface area contributed by atoms with Crippen LogP contribution in [0.25, 0.3) is 0 Å². The zero-order valence-corrected chi connectivity index (χ0v) is 15.3. The van der Waals surface area contributed by atoms with Crippen LogP contribution in [0.15, 0.2) is 23.1 Å². The van der Waals surface area contributed by atoms with Crippen molar-refractivity contribution in [2.75, 3.05) is 26.7 Å². The van der Waals surface area contributed by atoms with Gasteiger partial charge in [-0.25, -0.2) is 13.1 Å². The zero-order valence-electron chi connectivity index (χ0n) is 14.5. The molecule has 3 N–H and O–H groups in total. The van der Waals surface area contributed by atoms with E-state index in [0.717, 1.165) is 13.1 Å². The maximum absolute atomic E-state index is 12.6. The van der Waals surface area contributed by atoms with Crippen molar-refractivity contribution in [1.29, 1.82) is 0 Å². The minimum atomic E-state index is -3.81. The van der Waals surface area contributed by atoms with Gasteiger partial charge >= 0.3 is 0 Å². The molecule has 2 rings (SSSR count). The Morgan fingerprint density at radius 3 is 2.50 bits per heavy atom. The smallest absolute Gasteiger partial charge is 0.251 e. The molecule has 0 aromatic heterocycles. The summed E-state index contributed by atoms with van der Waals surface area (Å²) in [5.41, 5.74) is -0.350. The van der Waals surface area contributed by atoms with Crippen molar-refractivity contribution in [3.05, 3.63) is 23.8 Å². The number of amides is 1. The van der Waals surface area contributed by atoms with Crippen LogP contribution in [-0.4, -0.2) is 46.6 Å². The van der Waals surface area contributed by atoms with Gasteiger partial charge in [0.05, 0.1) is 7.11 Å². The fourth-order valence-corrected chi connectivity index (χ4v) is 3.93. The third-order valence-corrected chi connectivity index (χ3v) is 5.35. The van der Waals surface area contributed by atoms with Crippen molar-refractivity contribution in [2.45, 2.75) is 31.2 Å². The van der Waals surface area contributed by atoms with Gasteiger partial charge in [-0.3, -0.25) is 4.79 Å². The SMILES string of the molecule is COc1ccc(C(=O)NCC2CNC2)cc1S(=O)(=O)NC(C)(C)C. The first-order valence-corrected chi connectivity index (χ1v) is 9.31. The van der Waals surface area contributed by atoms with Crippen molar-refractivity contribution >= 4 is 15.9 Å². The van der Waals surface area contributed by atoms with Gasteiger partial charge in [-0.05, 0) is 39.0 Å². The lowest BCUT2D eigenvalue weighted by molar-refractivity contribution is 0.0942. The molecule has 7 nitrogen and oxygen atoms in total. The lowest BCUT2D eigenvalue weighted by atomic mass is 10.0. The van der Waals surface area contributed by atoms with Gasteiger partial charge < -0.3 is 15.4 Å². The minimum Gasteiger partial charge on any atom is -0.495 e. The molecule has 1 fully saturated rings. The van der Waals surface area contributed by atoms with Gasteiger partial charge in [0, 0.05) is 36.7 Å². The highest BCUT2D eigenvalue weighted by Gasteiger charge is 2.26. The second kappa shape index (κ2) is 7.08. The van der Waals surface area contributed by atoms with Crippen LogP contribution in [0.3, 0.4) is 0 Å². The van der Waals surface area contributed by atoms with E-state index in [1.54, 1.807) is 26.8 Å². The van der Waals surface area contributed by atoms with Gasteiger partial charge in [-0.2, -0.15) is 0 Å². The Kier molecular flexibility index (Phi) is 5.52. The zero-order chi connectivity index (χ0) is 18.0. The predicted octanol–water partition coefficient (Wildman–Crippen LogP) is 0.721. The summed E-state index contributed by atoms with van der Waals surface area (Å²) >= 11 is 0. The first-order valence-electron chi connectivity index (χ1n) is 7.83. The fraction of sp³-hybridized carbons (Fsp3) is 0.562. The summed E-state index contributed by atoms with van der Waals surface area (Å²) in [6, 6.07) is 4.40. The van der Waals surface area contributed by atoms with Crippen molar-refractivity contribution in [2.24, 2.45) is 5.92 Å². The summed E-state index contributed by atoms with van der Waals surface area (Å²) in [7, 11) is -2.41. The average Bonchev–Trinajstić information content (AvgIpc) is 2.42. The van der Waals surface area contributed by atoms with E-state index in [1.807, 2.05) is 0 Å². The molecule has 1 aromatic rings. The number of hydrogen-bond donors (Lipinski definition) is 3.